The predicted octanol–water partition coefficient (Wildman–Crippen LogP) is 1.68. The van der Waals surface area contributed by atoms with Crippen molar-refractivity contribution in [2.24, 2.45) is 0 Å². The fourth-order valence-electron chi connectivity index (χ4n) is 1.60. The van der Waals surface area contributed by atoms with E-state index in [4.69, 9.17) is 5.11 Å². The third-order valence-electron chi connectivity index (χ3n) is 2.37. The van der Waals surface area contributed by atoms with Gasteiger partial charge in [0.1, 0.15) is 5.82 Å². The largest absolute Gasteiger partial charge is 0.476 e. The Hall–Kier alpha value is -2.77. The first-order chi connectivity index (χ1) is 8.95. The monoisotopic (exact) mass is 265 g/mol. The van der Waals surface area contributed by atoms with Crippen molar-refractivity contribution < 1.29 is 19.2 Å². The molecule has 0 atom stereocenters. The summed E-state index contributed by atoms with van der Waals surface area (Å²) in [5.41, 5.74) is -0.152. The highest BCUT2D eigenvalue weighted by atomic mass is 19.1. The SMILES string of the molecule is O=C(O)c1cn(Cc2cc(F)cc([N+](=O)[O-])c2)cn1. The molecule has 0 radical (unpaired) electrons. The van der Waals surface area contributed by atoms with Crippen molar-refractivity contribution >= 4 is 11.7 Å². The summed E-state index contributed by atoms with van der Waals surface area (Å²) in [6.07, 6.45) is 2.53. The van der Waals surface area contributed by atoms with Gasteiger partial charge in [0, 0.05) is 18.8 Å². The Labute approximate surface area is 106 Å². The fraction of sp³-hybridized carbons (Fsp3) is 0.0909. The first-order valence-corrected chi connectivity index (χ1v) is 5.14. The minimum Gasteiger partial charge on any atom is -0.476 e. The maximum Gasteiger partial charge on any atom is 0.356 e. The van der Waals surface area contributed by atoms with Gasteiger partial charge in [-0.1, -0.05) is 0 Å². The third-order valence-corrected chi connectivity index (χ3v) is 2.37. The van der Waals surface area contributed by atoms with Crippen LogP contribution in [0, 0.1) is 15.9 Å². The van der Waals surface area contributed by atoms with Crippen molar-refractivity contribution in [2.45, 2.75) is 6.54 Å². The minimum atomic E-state index is -1.18. The molecule has 0 saturated heterocycles. The second-order valence-corrected chi connectivity index (χ2v) is 3.81. The number of halogens is 1. The van der Waals surface area contributed by atoms with Crippen LogP contribution < -0.4 is 0 Å². The molecule has 8 heteroatoms. The van der Waals surface area contributed by atoms with Crippen molar-refractivity contribution in [2.75, 3.05) is 0 Å². The Bertz CT molecular complexity index is 653. The number of imidazole rings is 1. The molecule has 0 aliphatic rings. The Morgan fingerprint density at radius 1 is 1.47 bits per heavy atom. The lowest BCUT2D eigenvalue weighted by Gasteiger charge is -2.02. The number of non-ortho nitro benzene ring substituents is 1. The first-order valence-electron chi connectivity index (χ1n) is 5.14. The number of aromatic carboxylic acids is 1. The van der Waals surface area contributed by atoms with Crippen LogP contribution in [0.5, 0.6) is 0 Å². The van der Waals surface area contributed by atoms with Crippen LogP contribution in [0.25, 0.3) is 0 Å². The van der Waals surface area contributed by atoms with Crippen molar-refractivity contribution in [3.8, 4) is 0 Å². The van der Waals surface area contributed by atoms with Gasteiger partial charge < -0.3 is 9.67 Å². The van der Waals surface area contributed by atoms with Gasteiger partial charge in [0.2, 0.25) is 0 Å². The topological polar surface area (TPSA) is 98.3 Å². The van der Waals surface area contributed by atoms with Crippen molar-refractivity contribution in [3.63, 3.8) is 0 Å². The molecule has 0 fully saturated rings. The predicted molar refractivity (Wildman–Crippen MR) is 61.3 cm³/mol. The molecule has 1 heterocycles. The highest BCUT2D eigenvalue weighted by Gasteiger charge is 2.11. The molecular weight excluding hydrogens is 257 g/mol. The Morgan fingerprint density at radius 3 is 2.79 bits per heavy atom. The van der Waals surface area contributed by atoms with Gasteiger partial charge in [0.05, 0.1) is 17.3 Å². The highest BCUT2D eigenvalue weighted by Crippen LogP contribution is 2.17. The molecule has 1 aromatic carbocycles. The average Bonchev–Trinajstić information content (AvgIpc) is 2.76. The van der Waals surface area contributed by atoms with Gasteiger partial charge in [0.15, 0.2) is 5.69 Å². The summed E-state index contributed by atoms with van der Waals surface area (Å²) >= 11 is 0. The van der Waals surface area contributed by atoms with Gasteiger partial charge in [-0.15, -0.1) is 0 Å². The van der Waals surface area contributed by atoms with Crippen molar-refractivity contribution in [3.05, 3.63) is 57.9 Å². The van der Waals surface area contributed by atoms with Crippen molar-refractivity contribution in [1.82, 2.24) is 9.55 Å². The van der Waals surface area contributed by atoms with Crippen molar-refractivity contribution in [1.29, 1.82) is 0 Å². The zero-order valence-electron chi connectivity index (χ0n) is 9.49. The Balaban J connectivity index is 2.27. The van der Waals surface area contributed by atoms with E-state index in [9.17, 15) is 19.3 Å². The van der Waals surface area contributed by atoms with Crippen LogP contribution >= 0.6 is 0 Å². The van der Waals surface area contributed by atoms with Gasteiger partial charge in [-0.25, -0.2) is 14.2 Å². The van der Waals surface area contributed by atoms with Gasteiger partial charge in [-0.05, 0) is 11.6 Å². The number of aromatic nitrogens is 2. The number of carbonyl (C=O) groups is 1. The van der Waals surface area contributed by atoms with E-state index in [-0.39, 0.29) is 17.9 Å². The number of carboxylic acids is 1. The minimum absolute atomic E-state index is 0.0961. The van der Waals surface area contributed by atoms with E-state index in [0.717, 1.165) is 12.1 Å². The zero-order valence-corrected chi connectivity index (χ0v) is 9.49. The van der Waals surface area contributed by atoms with Gasteiger partial charge in [-0.2, -0.15) is 0 Å². The smallest absolute Gasteiger partial charge is 0.356 e. The van der Waals surface area contributed by atoms with Crippen LogP contribution in [-0.4, -0.2) is 25.6 Å². The number of carboxylic acid groups (broad SMARTS) is 1. The van der Waals surface area contributed by atoms with E-state index in [1.807, 2.05) is 0 Å². The third kappa shape index (κ3) is 2.92. The molecule has 0 unspecified atom stereocenters. The van der Waals surface area contributed by atoms with Crippen LogP contribution in [0.4, 0.5) is 10.1 Å². The molecule has 0 amide bonds. The highest BCUT2D eigenvalue weighted by molar-refractivity contribution is 5.84. The first kappa shape index (κ1) is 12.7. The summed E-state index contributed by atoms with van der Waals surface area (Å²) in [6.45, 7) is 0.0961. The quantitative estimate of drug-likeness (QED) is 0.669. The summed E-state index contributed by atoms with van der Waals surface area (Å²) in [5.74, 6) is -1.90. The number of benzene rings is 1. The van der Waals surface area contributed by atoms with E-state index in [2.05, 4.69) is 4.98 Å². The summed E-state index contributed by atoms with van der Waals surface area (Å²) in [7, 11) is 0. The molecule has 0 bridgehead atoms. The number of rotatable bonds is 4. The molecule has 0 spiro atoms. The zero-order chi connectivity index (χ0) is 14.0. The van der Waals surface area contributed by atoms with Crippen LogP contribution in [0.1, 0.15) is 16.1 Å². The molecule has 0 aliphatic heterocycles. The molecule has 2 rings (SSSR count). The van der Waals surface area contributed by atoms with Crippen LogP contribution in [-0.2, 0) is 6.54 Å². The molecule has 1 N–H and O–H groups in total. The molecule has 0 saturated carbocycles. The molecule has 0 aliphatic carbocycles. The fourth-order valence-corrected chi connectivity index (χ4v) is 1.60. The Kier molecular flexibility index (Phi) is 3.23. The lowest BCUT2D eigenvalue weighted by molar-refractivity contribution is -0.385. The number of hydrogen-bond acceptors (Lipinski definition) is 4. The molecule has 7 nitrogen and oxygen atoms in total. The Morgan fingerprint density at radius 2 is 2.21 bits per heavy atom. The summed E-state index contributed by atoms with van der Waals surface area (Å²) in [6, 6.07) is 3.19. The average molecular weight is 265 g/mol. The summed E-state index contributed by atoms with van der Waals surface area (Å²) < 4.78 is 14.6. The number of nitrogens with zero attached hydrogens (tertiary/aromatic N) is 3. The summed E-state index contributed by atoms with van der Waals surface area (Å²) in [5, 5.41) is 19.3. The van der Waals surface area contributed by atoms with E-state index < -0.39 is 16.7 Å². The normalized spacial score (nSPS) is 10.4. The van der Waals surface area contributed by atoms with E-state index >= 15 is 0 Å². The van der Waals surface area contributed by atoms with Gasteiger partial charge in [-0.3, -0.25) is 10.1 Å². The maximum atomic E-state index is 13.2. The second kappa shape index (κ2) is 4.84. The van der Waals surface area contributed by atoms with Gasteiger partial charge in [0.25, 0.3) is 5.69 Å². The standard InChI is InChI=1S/C11H8FN3O4/c12-8-1-7(2-9(3-8)15(18)19)4-14-5-10(11(16)17)13-6-14/h1-3,5-6H,4H2,(H,16,17). The van der Waals surface area contributed by atoms with E-state index in [1.54, 1.807) is 0 Å². The lowest BCUT2D eigenvalue weighted by Crippen LogP contribution is -2.00. The number of hydrogen-bond donors (Lipinski definition) is 1. The lowest BCUT2D eigenvalue weighted by atomic mass is 10.2. The molecule has 19 heavy (non-hydrogen) atoms. The van der Waals surface area contributed by atoms with E-state index in [1.165, 1.54) is 23.2 Å². The van der Waals surface area contributed by atoms with Crippen LogP contribution in [0.3, 0.4) is 0 Å². The number of nitro benzene ring substituents is 1. The number of nitro groups is 1. The molecular formula is C11H8FN3O4. The van der Waals surface area contributed by atoms with Crippen LogP contribution in [0.15, 0.2) is 30.7 Å². The van der Waals surface area contributed by atoms with Gasteiger partial charge >= 0.3 is 5.97 Å². The molecule has 1 aromatic heterocycles. The molecule has 98 valence electrons. The van der Waals surface area contributed by atoms with Crippen LogP contribution in [0.2, 0.25) is 0 Å². The molecule has 2 aromatic rings. The second-order valence-electron chi connectivity index (χ2n) is 3.81. The van der Waals surface area contributed by atoms with E-state index in [0.29, 0.717) is 5.56 Å². The summed E-state index contributed by atoms with van der Waals surface area (Å²) in [4.78, 5) is 24.2. The maximum absolute atomic E-state index is 13.2.